The number of nitro groups is 1. The van der Waals surface area contributed by atoms with E-state index in [2.05, 4.69) is 0 Å². The number of rotatable bonds is 2. The van der Waals surface area contributed by atoms with Crippen molar-refractivity contribution in [2.24, 2.45) is 0 Å². The van der Waals surface area contributed by atoms with Crippen LogP contribution in [0.3, 0.4) is 0 Å². The summed E-state index contributed by atoms with van der Waals surface area (Å²) in [6.07, 6.45) is 1.52. The molecule has 1 amide bonds. The first-order chi connectivity index (χ1) is 11.1. The van der Waals surface area contributed by atoms with E-state index in [0.29, 0.717) is 30.8 Å². The Kier molecular flexibility index (Phi) is 3.04. The third kappa shape index (κ3) is 2.23. The molecule has 23 heavy (non-hydrogen) atoms. The van der Waals surface area contributed by atoms with Crippen LogP contribution in [0.5, 0.6) is 5.75 Å². The van der Waals surface area contributed by atoms with E-state index in [-0.39, 0.29) is 11.6 Å². The van der Waals surface area contributed by atoms with Crippen LogP contribution in [-0.2, 0) is 12.8 Å². The van der Waals surface area contributed by atoms with E-state index in [0.717, 1.165) is 23.3 Å². The summed E-state index contributed by atoms with van der Waals surface area (Å²) in [7, 11) is 0. The van der Waals surface area contributed by atoms with Gasteiger partial charge in [0.2, 0.25) is 0 Å². The molecule has 2 aromatic carbocycles. The van der Waals surface area contributed by atoms with Crippen LogP contribution < -0.4 is 9.64 Å². The van der Waals surface area contributed by atoms with Gasteiger partial charge < -0.3 is 9.64 Å². The summed E-state index contributed by atoms with van der Waals surface area (Å²) in [6.45, 7) is 1.19. The molecule has 0 fully saturated rings. The Labute approximate surface area is 132 Å². The second-order valence-electron chi connectivity index (χ2n) is 5.70. The van der Waals surface area contributed by atoms with E-state index in [4.69, 9.17) is 4.74 Å². The van der Waals surface area contributed by atoms with Crippen LogP contribution in [-0.4, -0.2) is 24.0 Å². The Morgan fingerprint density at radius 1 is 1.13 bits per heavy atom. The highest BCUT2D eigenvalue weighted by Gasteiger charge is 2.28. The largest absolute Gasteiger partial charge is 0.493 e. The zero-order valence-electron chi connectivity index (χ0n) is 12.3. The highest BCUT2D eigenvalue weighted by molar-refractivity contribution is 6.07. The average Bonchev–Trinajstić information content (AvgIpc) is 3.19. The van der Waals surface area contributed by atoms with Gasteiger partial charge in [-0.05, 0) is 35.7 Å². The van der Waals surface area contributed by atoms with Crippen molar-refractivity contribution in [3.63, 3.8) is 0 Å². The quantitative estimate of drug-likeness (QED) is 0.631. The molecule has 2 aliphatic heterocycles. The minimum atomic E-state index is -0.437. The molecule has 0 saturated heterocycles. The molecule has 0 radical (unpaired) electrons. The van der Waals surface area contributed by atoms with Crippen molar-refractivity contribution in [1.82, 2.24) is 0 Å². The first-order valence-corrected chi connectivity index (χ1v) is 7.48. The fourth-order valence-electron chi connectivity index (χ4n) is 3.17. The predicted molar refractivity (Wildman–Crippen MR) is 84.1 cm³/mol. The Morgan fingerprint density at radius 3 is 2.83 bits per heavy atom. The van der Waals surface area contributed by atoms with Gasteiger partial charge in [-0.25, -0.2) is 0 Å². The van der Waals surface area contributed by atoms with E-state index in [9.17, 15) is 14.9 Å². The van der Waals surface area contributed by atoms with Gasteiger partial charge in [0.25, 0.3) is 11.6 Å². The number of carbonyl (C=O) groups is 1. The van der Waals surface area contributed by atoms with Crippen molar-refractivity contribution in [2.75, 3.05) is 18.1 Å². The predicted octanol–water partition coefficient (Wildman–Crippen LogP) is 2.73. The molecule has 6 heteroatoms. The Balaban J connectivity index is 1.69. The second kappa shape index (κ2) is 5.08. The number of nitro benzene ring substituents is 1. The van der Waals surface area contributed by atoms with E-state index >= 15 is 0 Å². The summed E-state index contributed by atoms with van der Waals surface area (Å²) in [5, 5.41) is 11.0. The summed E-state index contributed by atoms with van der Waals surface area (Å²) in [4.78, 5) is 25.0. The van der Waals surface area contributed by atoms with Crippen LogP contribution in [0.4, 0.5) is 11.4 Å². The van der Waals surface area contributed by atoms with Gasteiger partial charge in [0, 0.05) is 30.7 Å². The highest BCUT2D eigenvalue weighted by Crippen LogP contribution is 2.33. The molecule has 0 aromatic heterocycles. The maximum absolute atomic E-state index is 12.8. The van der Waals surface area contributed by atoms with Gasteiger partial charge in [-0.3, -0.25) is 14.9 Å². The van der Waals surface area contributed by atoms with E-state index in [1.807, 2.05) is 12.1 Å². The zero-order chi connectivity index (χ0) is 16.0. The Morgan fingerprint density at radius 2 is 2.00 bits per heavy atom. The van der Waals surface area contributed by atoms with Crippen molar-refractivity contribution in [3.8, 4) is 5.75 Å². The van der Waals surface area contributed by atoms with Crippen molar-refractivity contribution in [1.29, 1.82) is 0 Å². The minimum Gasteiger partial charge on any atom is -0.493 e. The molecule has 2 aromatic rings. The molecular formula is C17H14N2O4. The molecule has 0 spiro atoms. The topological polar surface area (TPSA) is 72.7 Å². The van der Waals surface area contributed by atoms with Gasteiger partial charge in [-0.2, -0.15) is 0 Å². The number of anilines is 1. The van der Waals surface area contributed by atoms with Crippen LogP contribution in [0.25, 0.3) is 0 Å². The molecule has 6 nitrogen and oxygen atoms in total. The lowest BCUT2D eigenvalue weighted by Gasteiger charge is -2.17. The van der Waals surface area contributed by atoms with Crippen LogP contribution in [0.2, 0.25) is 0 Å². The molecule has 0 atom stereocenters. The Bertz CT molecular complexity index is 831. The molecule has 2 aliphatic rings. The van der Waals surface area contributed by atoms with Gasteiger partial charge in [0.05, 0.1) is 17.2 Å². The smallest absolute Gasteiger partial charge is 0.271 e. The van der Waals surface area contributed by atoms with E-state index in [1.165, 1.54) is 12.1 Å². The molecule has 0 saturated carbocycles. The lowest BCUT2D eigenvalue weighted by atomic mass is 10.1. The summed E-state index contributed by atoms with van der Waals surface area (Å²) >= 11 is 0. The molecule has 2 heterocycles. The van der Waals surface area contributed by atoms with E-state index < -0.39 is 4.92 Å². The van der Waals surface area contributed by atoms with Crippen LogP contribution in [0.1, 0.15) is 21.5 Å². The lowest BCUT2D eigenvalue weighted by molar-refractivity contribution is -0.384. The number of benzene rings is 2. The van der Waals surface area contributed by atoms with Gasteiger partial charge in [0.15, 0.2) is 0 Å². The van der Waals surface area contributed by atoms with Crippen molar-refractivity contribution >= 4 is 17.3 Å². The number of ether oxygens (including phenoxy) is 1. The third-order valence-electron chi connectivity index (χ3n) is 4.36. The molecule has 4 rings (SSSR count). The number of carbonyl (C=O) groups excluding carboxylic acids is 1. The molecule has 0 bridgehead atoms. The number of non-ortho nitro benzene ring substituents is 1. The summed E-state index contributed by atoms with van der Waals surface area (Å²) in [6, 6.07) is 10.1. The van der Waals surface area contributed by atoms with Crippen LogP contribution in [0.15, 0.2) is 36.4 Å². The standard InChI is InChI=1S/C17H14N2O4/c20-17(13-2-4-16-12(9-13)6-8-23-16)18-7-5-11-1-3-14(19(21)22)10-15(11)18/h1-4,9-10H,5-8H2. The van der Waals surface area contributed by atoms with Gasteiger partial charge in [0.1, 0.15) is 5.75 Å². The highest BCUT2D eigenvalue weighted by atomic mass is 16.6. The monoisotopic (exact) mass is 310 g/mol. The summed E-state index contributed by atoms with van der Waals surface area (Å²) in [5.74, 6) is 0.706. The first-order valence-electron chi connectivity index (χ1n) is 7.48. The third-order valence-corrected chi connectivity index (χ3v) is 4.36. The van der Waals surface area contributed by atoms with Gasteiger partial charge in [-0.1, -0.05) is 6.07 Å². The Hall–Kier alpha value is -2.89. The fourth-order valence-corrected chi connectivity index (χ4v) is 3.17. The van der Waals surface area contributed by atoms with Crippen LogP contribution >= 0.6 is 0 Å². The average molecular weight is 310 g/mol. The maximum atomic E-state index is 12.8. The normalized spacial score (nSPS) is 15.0. The second-order valence-corrected chi connectivity index (χ2v) is 5.70. The zero-order valence-corrected chi connectivity index (χ0v) is 12.3. The minimum absolute atomic E-state index is 0.00537. The molecule has 116 valence electrons. The number of nitrogens with zero attached hydrogens (tertiary/aromatic N) is 2. The maximum Gasteiger partial charge on any atom is 0.271 e. The molecule has 0 aliphatic carbocycles. The molecular weight excluding hydrogens is 296 g/mol. The van der Waals surface area contributed by atoms with Crippen molar-refractivity contribution < 1.29 is 14.5 Å². The summed E-state index contributed by atoms with van der Waals surface area (Å²) in [5.41, 5.74) is 3.24. The SMILES string of the molecule is O=C(c1ccc2c(c1)CCO2)N1CCc2ccc([N+](=O)[O-])cc21. The number of hydrogen-bond acceptors (Lipinski definition) is 4. The number of fused-ring (bicyclic) bond motifs is 2. The lowest BCUT2D eigenvalue weighted by Crippen LogP contribution is -2.28. The number of amides is 1. The number of hydrogen-bond donors (Lipinski definition) is 0. The first kappa shape index (κ1) is 13.8. The van der Waals surface area contributed by atoms with Crippen molar-refractivity contribution in [2.45, 2.75) is 12.8 Å². The van der Waals surface area contributed by atoms with Gasteiger partial charge >= 0.3 is 0 Å². The van der Waals surface area contributed by atoms with E-state index in [1.54, 1.807) is 17.0 Å². The molecule has 0 N–H and O–H groups in total. The fraction of sp³-hybridized carbons (Fsp3) is 0.235. The molecule has 0 unspecified atom stereocenters. The summed E-state index contributed by atoms with van der Waals surface area (Å²) < 4.78 is 5.46. The van der Waals surface area contributed by atoms with Crippen LogP contribution in [0, 0.1) is 10.1 Å². The van der Waals surface area contributed by atoms with Crippen molar-refractivity contribution in [3.05, 3.63) is 63.2 Å². The van der Waals surface area contributed by atoms with Gasteiger partial charge in [-0.15, -0.1) is 0 Å².